The molecule has 17 heavy (non-hydrogen) atoms. The van der Waals surface area contributed by atoms with Crippen LogP contribution in [-0.2, 0) is 4.74 Å². The molecule has 1 N–H and O–H groups in total. The lowest BCUT2D eigenvalue weighted by atomic mass is 9.77. The van der Waals surface area contributed by atoms with Crippen molar-refractivity contribution < 1.29 is 4.74 Å². The van der Waals surface area contributed by atoms with Crippen molar-refractivity contribution in [2.75, 3.05) is 39.8 Å². The van der Waals surface area contributed by atoms with E-state index < -0.39 is 0 Å². The van der Waals surface area contributed by atoms with Gasteiger partial charge < -0.3 is 15.0 Å². The van der Waals surface area contributed by atoms with Crippen molar-refractivity contribution in [1.29, 1.82) is 0 Å². The molecule has 0 aliphatic heterocycles. The molecule has 0 amide bonds. The van der Waals surface area contributed by atoms with E-state index in [0.717, 1.165) is 13.1 Å². The van der Waals surface area contributed by atoms with Crippen LogP contribution in [0, 0.1) is 0 Å². The Morgan fingerprint density at radius 1 is 1.18 bits per heavy atom. The second kappa shape index (κ2) is 8.06. The Balaban J connectivity index is 1.94. The predicted molar refractivity (Wildman–Crippen MR) is 73.5 cm³/mol. The predicted octanol–water partition coefficient (Wildman–Crippen LogP) is 2.27. The molecule has 0 atom stereocenters. The molecule has 0 radical (unpaired) electrons. The molecule has 0 saturated heterocycles. The number of hydrogen-bond donors (Lipinski definition) is 1. The van der Waals surface area contributed by atoms with Gasteiger partial charge in [-0.1, -0.05) is 13.8 Å². The van der Waals surface area contributed by atoms with Gasteiger partial charge in [-0.25, -0.2) is 0 Å². The third-order valence-electron chi connectivity index (χ3n) is 4.18. The van der Waals surface area contributed by atoms with E-state index in [9.17, 15) is 0 Å². The van der Waals surface area contributed by atoms with Crippen LogP contribution in [0.25, 0.3) is 0 Å². The maximum atomic E-state index is 5.61. The van der Waals surface area contributed by atoms with E-state index >= 15 is 0 Å². The average molecular weight is 242 g/mol. The quantitative estimate of drug-likeness (QED) is 0.595. The van der Waals surface area contributed by atoms with Crippen molar-refractivity contribution in [1.82, 2.24) is 10.2 Å². The van der Waals surface area contributed by atoms with Crippen LogP contribution in [0.15, 0.2) is 0 Å². The first kappa shape index (κ1) is 14.9. The molecule has 1 rings (SSSR count). The largest absolute Gasteiger partial charge is 0.378 e. The number of hydrogen-bond acceptors (Lipinski definition) is 3. The molecule has 0 aromatic heterocycles. The lowest BCUT2D eigenvalue weighted by Crippen LogP contribution is -2.41. The van der Waals surface area contributed by atoms with Crippen LogP contribution >= 0.6 is 0 Å². The summed E-state index contributed by atoms with van der Waals surface area (Å²) in [5, 5.41) is 3.54. The Morgan fingerprint density at radius 2 is 1.88 bits per heavy atom. The first-order valence-electron chi connectivity index (χ1n) is 7.24. The summed E-state index contributed by atoms with van der Waals surface area (Å²) in [4.78, 5) is 2.48. The second-order valence-electron chi connectivity index (χ2n) is 5.12. The first-order chi connectivity index (χ1) is 8.26. The van der Waals surface area contributed by atoms with E-state index in [4.69, 9.17) is 4.74 Å². The molecule has 102 valence electrons. The number of nitrogens with one attached hydrogen (secondary N) is 1. The first-order valence-corrected chi connectivity index (χ1v) is 7.24. The highest BCUT2D eigenvalue weighted by Gasteiger charge is 2.35. The smallest absolute Gasteiger partial charge is 0.0690 e. The fourth-order valence-electron chi connectivity index (χ4n) is 2.54. The summed E-state index contributed by atoms with van der Waals surface area (Å²) < 4.78 is 5.61. The van der Waals surface area contributed by atoms with Gasteiger partial charge in [-0.2, -0.15) is 0 Å². The lowest BCUT2D eigenvalue weighted by molar-refractivity contribution is -0.0767. The Morgan fingerprint density at radius 3 is 2.35 bits per heavy atom. The van der Waals surface area contributed by atoms with Gasteiger partial charge in [-0.15, -0.1) is 0 Å². The lowest BCUT2D eigenvalue weighted by Gasteiger charge is -2.40. The minimum atomic E-state index is 0.228. The van der Waals surface area contributed by atoms with E-state index in [-0.39, 0.29) is 5.60 Å². The van der Waals surface area contributed by atoms with E-state index in [1.165, 1.54) is 51.7 Å². The molecule has 1 saturated carbocycles. The Labute approximate surface area is 107 Å². The second-order valence-corrected chi connectivity index (χ2v) is 5.12. The van der Waals surface area contributed by atoms with Crippen LogP contribution < -0.4 is 5.32 Å². The normalized spacial score (nSPS) is 18.4. The van der Waals surface area contributed by atoms with Crippen LogP contribution in [0.1, 0.15) is 46.0 Å². The molecule has 0 spiro atoms. The fraction of sp³-hybridized carbons (Fsp3) is 1.00. The third kappa shape index (κ3) is 4.94. The molecule has 3 nitrogen and oxygen atoms in total. The zero-order valence-corrected chi connectivity index (χ0v) is 11.9. The minimum Gasteiger partial charge on any atom is -0.378 e. The summed E-state index contributed by atoms with van der Waals surface area (Å²) >= 11 is 0. The highest BCUT2D eigenvalue weighted by atomic mass is 16.5. The average Bonchev–Trinajstić information content (AvgIpc) is 2.31. The molecule has 1 aliphatic rings. The topological polar surface area (TPSA) is 24.5 Å². The van der Waals surface area contributed by atoms with Gasteiger partial charge in [0.2, 0.25) is 0 Å². The molecule has 3 heteroatoms. The molecule has 0 aromatic carbocycles. The molecule has 0 heterocycles. The molecule has 0 aromatic rings. The Kier molecular flexibility index (Phi) is 7.09. The van der Waals surface area contributed by atoms with Crippen LogP contribution in [-0.4, -0.2) is 50.3 Å². The Hall–Kier alpha value is -0.120. The summed E-state index contributed by atoms with van der Waals surface area (Å²) in [6.45, 7) is 10.3. The molecule has 1 fully saturated rings. The monoisotopic (exact) mass is 242 g/mol. The van der Waals surface area contributed by atoms with Gasteiger partial charge in [0.1, 0.15) is 0 Å². The summed E-state index contributed by atoms with van der Waals surface area (Å²) in [6, 6.07) is 0. The van der Waals surface area contributed by atoms with Gasteiger partial charge in [0.25, 0.3) is 0 Å². The van der Waals surface area contributed by atoms with Crippen molar-refractivity contribution in [3.8, 4) is 0 Å². The number of nitrogens with zero attached hydrogens (tertiary/aromatic N) is 1. The number of rotatable bonds is 10. The SMILES string of the molecule is CCN(CC)CCCNCCC1(OC)CCC1. The van der Waals surface area contributed by atoms with Gasteiger partial charge in [0.15, 0.2) is 0 Å². The van der Waals surface area contributed by atoms with Crippen LogP contribution in [0.2, 0.25) is 0 Å². The van der Waals surface area contributed by atoms with E-state index in [2.05, 4.69) is 24.1 Å². The highest BCUT2D eigenvalue weighted by Crippen LogP contribution is 2.37. The fourth-order valence-corrected chi connectivity index (χ4v) is 2.54. The van der Waals surface area contributed by atoms with Crippen molar-refractivity contribution >= 4 is 0 Å². The molecular weight excluding hydrogens is 212 g/mol. The maximum absolute atomic E-state index is 5.61. The summed E-state index contributed by atoms with van der Waals surface area (Å²) in [5.74, 6) is 0. The summed E-state index contributed by atoms with van der Waals surface area (Å²) in [5.41, 5.74) is 0.228. The Bertz CT molecular complexity index is 183. The molecule has 0 unspecified atom stereocenters. The molecule has 1 aliphatic carbocycles. The highest BCUT2D eigenvalue weighted by molar-refractivity contribution is 4.89. The van der Waals surface area contributed by atoms with Crippen molar-refractivity contribution in [3.05, 3.63) is 0 Å². The van der Waals surface area contributed by atoms with Gasteiger partial charge in [-0.05, 0) is 64.8 Å². The van der Waals surface area contributed by atoms with E-state index in [1.807, 2.05) is 7.11 Å². The van der Waals surface area contributed by atoms with Crippen LogP contribution in [0.4, 0.5) is 0 Å². The number of methoxy groups -OCH3 is 1. The van der Waals surface area contributed by atoms with Gasteiger partial charge in [0, 0.05) is 7.11 Å². The maximum Gasteiger partial charge on any atom is 0.0690 e. The van der Waals surface area contributed by atoms with Gasteiger partial charge in [-0.3, -0.25) is 0 Å². The van der Waals surface area contributed by atoms with Crippen molar-refractivity contribution in [2.45, 2.75) is 51.6 Å². The minimum absolute atomic E-state index is 0.228. The molecule has 0 bridgehead atoms. The van der Waals surface area contributed by atoms with Crippen LogP contribution in [0.3, 0.4) is 0 Å². The zero-order valence-electron chi connectivity index (χ0n) is 11.9. The zero-order chi connectivity index (χ0) is 12.6. The standard InChI is InChI=1S/C14H30N2O/c1-4-16(5-2)13-7-11-15-12-10-14(17-3)8-6-9-14/h15H,4-13H2,1-3H3. The molecular formula is C14H30N2O. The van der Waals surface area contributed by atoms with Gasteiger partial charge in [0.05, 0.1) is 5.60 Å². The van der Waals surface area contributed by atoms with Gasteiger partial charge >= 0.3 is 0 Å². The van der Waals surface area contributed by atoms with Crippen LogP contribution in [0.5, 0.6) is 0 Å². The van der Waals surface area contributed by atoms with E-state index in [1.54, 1.807) is 0 Å². The van der Waals surface area contributed by atoms with Crippen molar-refractivity contribution in [2.24, 2.45) is 0 Å². The summed E-state index contributed by atoms with van der Waals surface area (Å²) in [6.07, 6.45) is 6.28. The number of ether oxygens (including phenoxy) is 1. The third-order valence-corrected chi connectivity index (χ3v) is 4.18. The summed E-state index contributed by atoms with van der Waals surface area (Å²) in [7, 11) is 1.86. The van der Waals surface area contributed by atoms with Crippen molar-refractivity contribution in [3.63, 3.8) is 0 Å². The van der Waals surface area contributed by atoms with E-state index in [0.29, 0.717) is 0 Å².